The number of nitrogens with one attached hydrogen (secondary N) is 2. The molecule has 3 aliphatic rings. The van der Waals surface area contributed by atoms with Crippen LogP contribution in [-0.4, -0.2) is 236 Å². The fourth-order valence-corrected chi connectivity index (χ4v) is 10.7. The molecule has 7 unspecified atom stereocenters. The van der Waals surface area contributed by atoms with Gasteiger partial charge in [0.05, 0.1) is 136 Å². The van der Waals surface area contributed by atoms with Gasteiger partial charge in [-0.1, -0.05) is 71.4 Å². The number of amides is 7. The Morgan fingerprint density at radius 3 is 1.80 bits per heavy atom. The molecule has 3 heterocycles. The summed E-state index contributed by atoms with van der Waals surface area (Å²) in [6, 6.07) is 6.41. The Labute approximate surface area is 485 Å². The highest BCUT2D eigenvalue weighted by atomic mass is 16.6. The Morgan fingerprint density at radius 1 is 0.720 bits per heavy atom. The number of benzene rings is 1. The van der Waals surface area contributed by atoms with Crippen LogP contribution in [0.15, 0.2) is 42.5 Å². The summed E-state index contributed by atoms with van der Waals surface area (Å²) in [6.45, 7) is 16.1. The lowest BCUT2D eigenvalue weighted by Crippen LogP contribution is -2.62. The van der Waals surface area contributed by atoms with Crippen molar-refractivity contribution in [2.75, 3.05) is 127 Å². The minimum absolute atomic E-state index is 0.0579. The zero-order valence-corrected chi connectivity index (χ0v) is 50.2. The van der Waals surface area contributed by atoms with E-state index in [1.807, 2.05) is 58.0 Å². The van der Waals surface area contributed by atoms with Gasteiger partial charge in [0.15, 0.2) is 0 Å². The van der Waals surface area contributed by atoms with Gasteiger partial charge in [-0.3, -0.25) is 38.5 Å². The average Bonchev–Trinajstić information content (AvgIpc) is 4.09. The molecule has 3 aliphatic heterocycles. The third-order valence-corrected chi connectivity index (χ3v) is 15.7. The number of likely N-dealkylation sites (N-methyl/N-ethyl adjacent to an activating group) is 1. The second-order valence-electron chi connectivity index (χ2n) is 21.6. The highest BCUT2D eigenvalue weighted by molar-refractivity contribution is 6.12. The number of likely N-dealkylation sites (tertiary alicyclic amines) is 2. The molecule has 2 saturated heterocycles. The van der Waals surface area contributed by atoms with Gasteiger partial charge in [0.1, 0.15) is 17.6 Å². The largest absolute Gasteiger partial charge is 0.467 e. The van der Waals surface area contributed by atoms with Gasteiger partial charge in [-0.15, -0.1) is 0 Å². The predicted octanol–water partition coefficient (Wildman–Crippen LogP) is 2.74. The van der Waals surface area contributed by atoms with Crippen LogP contribution in [-0.2, 0) is 87.4 Å². The summed E-state index contributed by atoms with van der Waals surface area (Å²) in [5.74, 6) is -4.09. The first-order valence-electron chi connectivity index (χ1n) is 29.0. The van der Waals surface area contributed by atoms with Gasteiger partial charge < -0.3 is 68.0 Å². The van der Waals surface area contributed by atoms with E-state index in [2.05, 4.69) is 10.6 Å². The van der Waals surface area contributed by atoms with Gasteiger partial charge in [0, 0.05) is 52.9 Å². The Bertz CT molecular complexity index is 2190. The van der Waals surface area contributed by atoms with E-state index >= 15 is 0 Å². The van der Waals surface area contributed by atoms with Crippen LogP contribution in [0, 0.1) is 17.8 Å². The van der Waals surface area contributed by atoms with E-state index in [4.69, 9.17) is 42.6 Å². The molecule has 0 aromatic heterocycles. The Kier molecular flexibility index (Phi) is 30.6. The summed E-state index contributed by atoms with van der Waals surface area (Å²) >= 11 is 0. The maximum Gasteiger partial charge on any atom is 0.328 e. The molecule has 0 spiro atoms. The fraction of sp³-hybridized carbons (Fsp3) is 0.729. The highest BCUT2D eigenvalue weighted by Gasteiger charge is 2.48. The van der Waals surface area contributed by atoms with E-state index in [1.165, 1.54) is 33.5 Å². The molecule has 9 atom stereocenters. The van der Waals surface area contributed by atoms with Crippen molar-refractivity contribution in [2.24, 2.45) is 17.8 Å². The number of carbonyl (C=O) groups is 8. The molecule has 82 heavy (non-hydrogen) atoms. The number of hydrogen-bond donors (Lipinski definition) is 2. The van der Waals surface area contributed by atoms with Crippen molar-refractivity contribution >= 4 is 47.3 Å². The number of esters is 1. The van der Waals surface area contributed by atoms with Gasteiger partial charge in [0.2, 0.25) is 29.5 Å². The van der Waals surface area contributed by atoms with Gasteiger partial charge in [-0.2, -0.15) is 0 Å². The summed E-state index contributed by atoms with van der Waals surface area (Å²) in [5, 5.41) is 5.89. The summed E-state index contributed by atoms with van der Waals surface area (Å²) < 4.78 is 50.3. The Balaban J connectivity index is 1.19. The number of imide groups is 1. The number of methoxy groups -OCH3 is 3. The minimum atomic E-state index is -1.20. The lowest BCUT2D eigenvalue weighted by molar-refractivity contribution is -0.150. The van der Waals surface area contributed by atoms with Crippen molar-refractivity contribution < 1.29 is 81.0 Å². The standard InChI is InChI=1S/C59H94N6O17/c1-11-42(4)53(47(74-8)40-51(69)63-24-15-19-46(63)54(75-9)43(5)55(70)60-45(57(72)76-10)39-44-17-13-12-14-18-44)62(7)56(71)52(41(2)3)61-58(73)59(6)23-16-25-65(59)50(68)22-27-77-29-31-79-33-35-81-37-38-82-36-34-80-32-30-78-28-26-64-48(66)20-21-49(64)67/h12-14,17-18,20-21,41-43,45-47,52-54H,11,15-16,19,22-40H2,1-10H3,(H,60,70)(H,61,73)/t42?,43?,45?,46-,47?,52?,53?,54?,59-/m0/s1. The van der Waals surface area contributed by atoms with Crippen LogP contribution in [0.3, 0.4) is 0 Å². The maximum atomic E-state index is 14.7. The molecular formula is C59H94N6O17. The zero-order chi connectivity index (χ0) is 60.2. The molecule has 2 N–H and O–H groups in total. The van der Waals surface area contributed by atoms with E-state index in [0.29, 0.717) is 105 Å². The van der Waals surface area contributed by atoms with E-state index in [1.54, 1.807) is 35.6 Å². The van der Waals surface area contributed by atoms with Gasteiger partial charge >= 0.3 is 5.97 Å². The Hall–Kier alpha value is -5.40. The van der Waals surface area contributed by atoms with Crippen molar-refractivity contribution in [2.45, 2.75) is 135 Å². The molecule has 4 rings (SSSR count). The van der Waals surface area contributed by atoms with Crippen molar-refractivity contribution in [1.29, 1.82) is 0 Å². The molecule has 0 bridgehead atoms. The fourth-order valence-electron chi connectivity index (χ4n) is 10.7. The second-order valence-corrected chi connectivity index (χ2v) is 21.6. The number of rotatable bonds is 40. The van der Waals surface area contributed by atoms with Crippen molar-refractivity contribution in [1.82, 2.24) is 30.2 Å². The molecule has 0 aliphatic carbocycles. The molecule has 0 saturated carbocycles. The molecule has 23 nitrogen and oxygen atoms in total. The predicted molar refractivity (Wildman–Crippen MR) is 302 cm³/mol. The van der Waals surface area contributed by atoms with Crippen molar-refractivity contribution in [3.05, 3.63) is 48.0 Å². The second kappa shape index (κ2) is 36.3. The molecule has 7 amide bonds. The van der Waals surface area contributed by atoms with E-state index in [9.17, 15) is 38.4 Å². The van der Waals surface area contributed by atoms with E-state index in [-0.39, 0.29) is 87.0 Å². The van der Waals surface area contributed by atoms with Gasteiger partial charge in [-0.25, -0.2) is 4.79 Å². The van der Waals surface area contributed by atoms with E-state index in [0.717, 1.165) is 10.5 Å². The van der Waals surface area contributed by atoms with Crippen LogP contribution in [0.5, 0.6) is 0 Å². The molecular weight excluding hydrogens is 1060 g/mol. The molecule has 0 radical (unpaired) electrons. The highest BCUT2D eigenvalue weighted by Crippen LogP contribution is 2.32. The van der Waals surface area contributed by atoms with Gasteiger partial charge in [0.25, 0.3) is 11.8 Å². The topological polar surface area (TPSA) is 257 Å². The summed E-state index contributed by atoms with van der Waals surface area (Å²) in [5.41, 5.74) is -0.347. The SMILES string of the molecule is CCC(C)C(C(CC(=O)N1CCC[C@H]1C(OC)C(C)C(=O)NC(Cc1ccccc1)C(=O)OC)OC)N(C)C(=O)C(NC(=O)[C@]1(C)CCCN1C(=O)CCOCCOCCOCCOCCOCCOCCN1C(=O)C=CC1=O)C(C)C. The van der Waals surface area contributed by atoms with Crippen molar-refractivity contribution in [3.63, 3.8) is 0 Å². The van der Waals surface area contributed by atoms with Gasteiger partial charge in [-0.05, 0) is 50.0 Å². The average molecular weight is 1160 g/mol. The molecule has 1 aromatic rings. The molecule has 23 heteroatoms. The third kappa shape index (κ3) is 20.7. The van der Waals surface area contributed by atoms with Crippen LogP contribution in [0.4, 0.5) is 0 Å². The normalized spacial score (nSPS) is 19.7. The maximum absolute atomic E-state index is 14.7. The Morgan fingerprint density at radius 2 is 1.28 bits per heavy atom. The number of hydrogen-bond acceptors (Lipinski definition) is 17. The van der Waals surface area contributed by atoms with E-state index < -0.39 is 65.6 Å². The van der Waals surface area contributed by atoms with Crippen LogP contribution in [0.1, 0.15) is 92.1 Å². The lowest BCUT2D eigenvalue weighted by Gasteiger charge is -2.41. The molecule has 2 fully saturated rings. The van der Waals surface area contributed by atoms with Crippen molar-refractivity contribution in [3.8, 4) is 0 Å². The van der Waals surface area contributed by atoms with Crippen LogP contribution in [0.2, 0.25) is 0 Å². The van der Waals surface area contributed by atoms with Crippen LogP contribution < -0.4 is 10.6 Å². The zero-order valence-electron chi connectivity index (χ0n) is 50.2. The smallest absolute Gasteiger partial charge is 0.328 e. The molecule has 462 valence electrons. The summed E-state index contributed by atoms with van der Waals surface area (Å²) in [7, 11) is 5.98. The third-order valence-electron chi connectivity index (χ3n) is 15.7. The van der Waals surface area contributed by atoms with Crippen LogP contribution in [0.25, 0.3) is 0 Å². The lowest BCUT2D eigenvalue weighted by atomic mass is 9.89. The first-order chi connectivity index (χ1) is 39.3. The number of carbonyl (C=O) groups excluding carboxylic acids is 8. The molecule has 1 aromatic carbocycles. The number of ether oxygens (including phenoxy) is 9. The summed E-state index contributed by atoms with van der Waals surface area (Å²) in [4.78, 5) is 113. The van der Waals surface area contributed by atoms with Crippen LogP contribution >= 0.6 is 0 Å². The first-order valence-corrected chi connectivity index (χ1v) is 29.0. The quantitative estimate of drug-likeness (QED) is 0.0544. The minimum Gasteiger partial charge on any atom is -0.467 e. The number of nitrogens with zero attached hydrogens (tertiary/aromatic N) is 4. The first kappa shape index (κ1) is 69.1. The summed E-state index contributed by atoms with van der Waals surface area (Å²) in [6.07, 6.45) is 4.23. The monoisotopic (exact) mass is 1160 g/mol.